The summed E-state index contributed by atoms with van der Waals surface area (Å²) in [5, 5.41) is 0. The van der Waals surface area contributed by atoms with E-state index in [2.05, 4.69) is 110 Å². The Bertz CT molecular complexity index is 1050. The summed E-state index contributed by atoms with van der Waals surface area (Å²) >= 11 is 0. The van der Waals surface area contributed by atoms with E-state index in [1.165, 1.54) is 38.9 Å². The van der Waals surface area contributed by atoms with E-state index in [0.717, 1.165) is 6.42 Å². The van der Waals surface area contributed by atoms with Crippen molar-refractivity contribution in [1.29, 1.82) is 0 Å². The van der Waals surface area contributed by atoms with Crippen LogP contribution in [0, 0.1) is 0 Å². The molecule has 0 heteroatoms. The molecule has 0 fully saturated rings. The maximum absolute atomic E-state index is 2.39. The zero-order valence-corrected chi connectivity index (χ0v) is 15.5. The van der Waals surface area contributed by atoms with Crippen LogP contribution >= 0.6 is 0 Å². The third kappa shape index (κ3) is 2.23. The van der Waals surface area contributed by atoms with Crippen LogP contribution in [0.15, 0.2) is 103 Å². The summed E-state index contributed by atoms with van der Waals surface area (Å²) in [7, 11) is 0. The second-order valence-corrected chi connectivity index (χ2v) is 7.26. The molecule has 0 nitrogen and oxygen atoms in total. The van der Waals surface area contributed by atoms with Crippen LogP contribution in [0.3, 0.4) is 0 Å². The molecule has 0 N–H and O–H groups in total. The normalized spacial score (nSPS) is 13.8. The van der Waals surface area contributed by atoms with Gasteiger partial charge in [-0.2, -0.15) is 0 Å². The first-order valence-corrected chi connectivity index (χ1v) is 9.70. The summed E-state index contributed by atoms with van der Waals surface area (Å²) in [5.74, 6) is 0. The van der Waals surface area contributed by atoms with Crippen molar-refractivity contribution in [3.63, 3.8) is 0 Å². The first-order valence-electron chi connectivity index (χ1n) is 9.70. The fourth-order valence-corrected chi connectivity index (χ4v) is 4.72. The number of aryl methyl sites for hydroxylation is 1. The highest BCUT2D eigenvalue weighted by atomic mass is 14.5. The molecule has 1 aliphatic rings. The van der Waals surface area contributed by atoms with Gasteiger partial charge >= 0.3 is 0 Å². The maximum atomic E-state index is 2.39. The van der Waals surface area contributed by atoms with Crippen LogP contribution in [0.4, 0.5) is 0 Å². The molecule has 0 radical (unpaired) electrons. The Hall–Kier alpha value is -3.12. The molecule has 130 valence electrons. The number of benzene rings is 4. The number of fused-ring (bicyclic) bond motifs is 3. The highest BCUT2D eigenvalue weighted by Gasteiger charge is 2.45. The summed E-state index contributed by atoms with van der Waals surface area (Å²) in [6, 6.07) is 37.9. The van der Waals surface area contributed by atoms with Crippen molar-refractivity contribution in [2.24, 2.45) is 0 Å². The van der Waals surface area contributed by atoms with E-state index >= 15 is 0 Å². The summed E-state index contributed by atoms with van der Waals surface area (Å²) in [4.78, 5) is 0. The average molecular weight is 346 g/mol. The zero-order chi connectivity index (χ0) is 18.3. The fraction of sp³-hybridized carbons (Fsp3) is 0.111. The molecule has 0 aromatic heterocycles. The molecular formula is C27H22. The molecule has 0 aliphatic heterocycles. The topological polar surface area (TPSA) is 0 Å². The van der Waals surface area contributed by atoms with Crippen molar-refractivity contribution < 1.29 is 0 Å². The van der Waals surface area contributed by atoms with Crippen molar-refractivity contribution in [2.75, 3.05) is 0 Å². The minimum atomic E-state index is -0.263. The van der Waals surface area contributed by atoms with E-state index in [0.29, 0.717) is 0 Å². The highest BCUT2D eigenvalue weighted by Crippen LogP contribution is 2.56. The van der Waals surface area contributed by atoms with Gasteiger partial charge in [0.25, 0.3) is 0 Å². The number of hydrogen-bond donors (Lipinski definition) is 0. The van der Waals surface area contributed by atoms with Crippen molar-refractivity contribution in [3.05, 3.63) is 131 Å². The van der Waals surface area contributed by atoms with Crippen molar-refractivity contribution in [1.82, 2.24) is 0 Å². The van der Waals surface area contributed by atoms with Gasteiger partial charge in [0.2, 0.25) is 0 Å². The van der Waals surface area contributed by atoms with Crippen LogP contribution in [0.5, 0.6) is 0 Å². The van der Waals surface area contributed by atoms with E-state index in [4.69, 9.17) is 0 Å². The Morgan fingerprint density at radius 1 is 0.556 bits per heavy atom. The van der Waals surface area contributed by atoms with Crippen LogP contribution in [0.25, 0.3) is 11.1 Å². The molecule has 5 rings (SSSR count). The lowest BCUT2D eigenvalue weighted by Gasteiger charge is -2.33. The molecule has 0 saturated carbocycles. The molecule has 27 heavy (non-hydrogen) atoms. The lowest BCUT2D eigenvalue weighted by atomic mass is 9.67. The van der Waals surface area contributed by atoms with Crippen LogP contribution in [0.2, 0.25) is 0 Å². The van der Waals surface area contributed by atoms with Crippen LogP contribution in [-0.2, 0) is 11.8 Å². The Morgan fingerprint density at radius 2 is 1.11 bits per heavy atom. The molecule has 0 atom stereocenters. The monoisotopic (exact) mass is 346 g/mol. The van der Waals surface area contributed by atoms with Crippen LogP contribution in [0.1, 0.15) is 34.7 Å². The Labute approximate surface area is 161 Å². The number of rotatable bonds is 3. The lowest BCUT2D eigenvalue weighted by molar-refractivity contribution is 0.768. The highest BCUT2D eigenvalue weighted by molar-refractivity contribution is 5.86. The van der Waals surface area contributed by atoms with Gasteiger partial charge in [-0.25, -0.2) is 0 Å². The van der Waals surface area contributed by atoms with E-state index in [1.807, 2.05) is 0 Å². The molecule has 4 aromatic rings. The minimum absolute atomic E-state index is 0.263. The quantitative estimate of drug-likeness (QED) is 0.345. The van der Waals surface area contributed by atoms with Gasteiger partial charge in [0.1, 0.15) is 0 Å². The molecule has 0 spiro atoms. The first-order chi connectivity index (χ1) is 13.4. The SMILES string of the molecule is CCc1ccc2c(c1)-c1ccccc1C2(c1ccccc1)c1ccccc1. The van der Waals surface area contributed by atoms with E-state index in [9.17, 15) is 0 Å². The summed E-state index contributed by atoms with van der Waals surface area (Å²) in [6.07, 6.45) is 1.05. The third-order valence-corrected chi connectivity index (χ3v) is 5.93. The van der Waals surface area contributed by atoms with Crippen molar-refractivity contribution in [3.8, 4) is 11.1 Å². The van der Waals surface area contributed by atoms with E-state index in [-0.39, 0.29) is 5.41 Å². The Kier molecular flexibility index (Phi) is 3.72. The number of hydrogen-bond acceptors (Lipinski definition) is 0. The predicted molar refractivity (Wildman–Crippen MR) is 113 cm³/mol. The second-order valence-electron chi connectivity index (χ2n) is 7.26. The van der Waals surface area contributed by atoms with Crippen LogP contribution in [-0.4, -0.2) is 0 Å². The van der Waals surface area contributed by atoms with E-state index < -0.39 is 0 Å². The third-order valence-electron chi connectivity index (χ3n) is 5.93. The summed E-state index contributed by atoms with van der Waals surface area (Å²) < 4.78 is 0. The molecular weight excluding hydrogens is 324 g/mol. The average Bonchev–Trinajstić information content (AvgIpc) is 3.05. The largest absolute Gasteiger partial charge is 0.0713 e. The molecule has 0 heterocycles. The Morgan fingerprint density at radius 3 is 1.74 bits per heavy atom. The molecule has 0 amide bonds. The molecule has 0 unspecified atom stereocenters. The maximum Gasteiger partial charge on any atom is 0.0713 e. The van der Waals surface area contributed by atoms with Gasteiger partial charge in [-0.1, -0.05) is 110 Å². The fourth-order valence-electron chi connectivity index (χ4n) is 4.72. The van der Waals surface area contributed by atoms with Gasteiger partial charge in [0.15, 0.2) is 0 Å². The van der Waals surface area contributed by atoms with Crippen molar-refractivity contribution >= 4 is 0 Å². The summed E-state index contributed by atoms with van der Waals surface area (Å²) in [6.45, 7) is 2.23. The van der Waals surface area contributed by atoms with Gasteiger partial charge in [-0.15, -0.1) is 0 Å². The predicted octanol–water partition coefficient (Wildman–Crippen LogP) is 6.61. The second kappa shape index (κ2) is 6.25. The molecule has 1 aliphatic carbocycles. The smallest absolute Gasteiger partial charge is 0.0622 e. The standard InChI is InChI=1S/C27H22/c1-2-20-17-18-26-24(19-20)23-15-9-10-16-25(23)27(26,21-11-5-3-6-12-21)22-13-7-4-8-14-22/h3-19H,2H2,1H3. The van der Waals surface area contributed by atoms with Gasteiger partial charge in [-0.05, 0) is 45.4 Å². The molecule has 0 saturated heterocycles. The molecule has 0 bridgehead atoms. The van der Waals surface area contributed by atoms with Gasteiger partial charge in [-0.3, -0.25) is 0 Å². The summed E-state index contributed by atoms with van der Waals surface area (Å²) in [5.41, 5.74) is 9.27. The minimum Gasteiger partial charge on any atom is -0.0622 e. The zero-order valence-electron chi connectivity index (χ0n) is 15.5. The van der Waals surface area contributed by atoms with Crippen molar-refractivity contribution in [2.45, 2.75) is 18.8 Å². The molecule has 4 aromatic carbocycles. The first kappa shape index (κ1) is 16.1. The van der Waals surface area contributed by atoms with Gasteiger partial charge in [0.05, 0.1) is 5.41 Å². The van der Waals surface area contributed by atoms with Gasteiger partial charge in [0, 0.05) is 0 Å². The van der Waals surface area contributed by atoms with E-state index in [1.54, 1.807) is 0 Å². The lowest BCUT2D eigenvalue weighted by Crippen LogP contribution is -2.28. The van der Waals surface area contributed by atoms with Gasteiger partial charge < -0.3 is 0 Å². The Balaban J connectivity index is 1.95. The van der Waals surface area contributed by atoms with Crippen LogP contribution < -0.4 is 0 Å².